The fraction of sp³-hybridized carbons (Fsp3) is 0.467. The van der Waals surface area contributed by atoms with Gasteiger partial charge >= 0.3 is 0 Å². The van der Waals surface area contributed by atoms with Gasteiger partial charge in [0.2, 0.25) is 0 Å². The Hall–Kier alpha value is -1.87. The van der Waals surface area contributed by atoms with Crippen molar-refractivity contribution in [2.45, 2.75) is 37.1 Å². The predicted octanol–water partition coefficient (Wildman–Crippen LogP) is 0.233. The first kappa shape index (κ1) is 14.7. The molecule has 0 spiro atoms. The molecule has 5 atom stereocenters. The van der Waals surface area contributed by atoms with Crippen LogP contribution in [0.5, 0.6) is 0 Å². The molecule has 0 radical (unpaired) electrons. The first-order valence-electron chi connectivity index (χ1n) is 7.50. The third kappa shape index (κ3) is 2.63. The van der Waals surface area contributed by atoms with Crippen molar-refractivity contribution in [1.82, 2.24) is 20.1 Å². The summed E-state index contributed by atoms with van der Waals surface area (Å²) in [6.45, 7) is 0.671. The summed E-state index contributed by atoms with van der Waals surface area (Å²) in [5, 5.41) is 18.0. The molecular formula is C15H17FN4O3. The van der Waals surface area contributed by atoms with E-state index in [2.05, 4.69) is 15.4 Å². The summed E-state index contributed by atoms with van der Waals surface area (Å²) in [5.74, 6) is -0.278. The normalized spacial score (nSPS) is 33.0. The number of rotatable bonds is 4. The van der Waals surface area contributed by atoms with Crippen LogP contribution in [0, 0.1) is 5.82 Å². The van der Waals surface area contributed by atoms with Gasteiger partial charge < -0.3 is 19.9 Å². The van der Waals surface area contributed by atoms with E-state index < -0.39 is 18.4 Å². The molecule has 7 nitrogen and oxygen atoms in total. The van der Waals surface area contributed by atoms with Gasteiger partial charge in [-0.15, -0.1) is 0 Å². The highest BCUT2D eigenvalue weighted by molar-refractivity contribution is 5.17. The van der Waals surface area contributed by atoms with Crippen LogP contribution in [0.1, 0.15) is 11.6 Å². The second-order valence-electron chi connectivity index (χ2n) is 5.73. The lowest BCUT2D eigenvalue weighted by Gasteiger charge is -2.38. The van der Waals surface area contributed by atoms with Gasteiger partial charge in [0, 0.05) is 12.1 Å². The Kier molecular flexibility index (Phi) is 3.82. The van der Waals surface area contributed by atoms with Gasteiger partial charge in [0.1, 0.15) is 30.6 Å². The van der Waals surface area contributed by atoms with Crippen LogP contribution >= 0.6 is 0 Å². The molecule has 4 rings (SSSR count). The molecular weight excluding hydrogens is 303 g/mol. The summed E-state index contributed by atoms with van der Waals surface area (Å²) in [7, 11) is 0. The molecule has 8 heteroatoms. The van der Waals surface area contributed by atoms with Gasteiger partial charge in [0.25, 0.3) is 0 Å². The summed E-state index contributed by atoms with van der Waals surface area (Å²) >= 11 is 0. The maximum absolute atomic E-state index is 13.7. The Bertz CT molecular complexity index is 669. The van der Waals surface area contributed by atoms with E-state index >= 15 is 0 Å². The Morgan fingerprint density at radius 3 is 3.04 bits per heavy atom. The Labute approximate surface area is 132 Å². The topological polar surface area (TPSA) is 81.4 Å². The number of halogens is 1. The highest BCUT2D eigenvalue weighted by atomic mass is 19.1. The van der Waals surface area contributed by atoms with Crippen molar-refractivity contribution in [3.05, 3.63) is 48.3 Å². The zero-order chi connectivity index (χ0) is 15.8. The molecule has 2 aliphatic rings. The van der Waals surface area contributed by atoms with E-state index in [0.29, 0.717) is 18.7 Å². The summed E-state index contributed by atoms with van der Waals surface area (Å²) in [6.07, 6.45) is 1.31. The summed E-state index contributed by atoms with van der Waals surface area (Å²) < 4.78 is 26.7. The number of nitrogens with one attached hydrogen (secondary N) is 1. The molecule has 2 bridgehead atoms. The van der Waals surface area contributed by atoms with E-state index in [-0.39, 0.29) is 18.0 Å². The molecule has 2 aliphatic heterocycles. The molecule has 1 aromatic heterocycles. The number of aromatic nitrogens is 3. The van der Waals surface area contributed by atoms with Crippen molar-refractivity contribution >= 4 is 0 Å². The van der Waals surface area contributed by atoms with Crippen molar-refractivity contribution in [2.24, 2.45) is 0 Å². The van der Waals surface area contributed by atoms with Crippen LogP contribution < -0.4 is 5.32 Å². The number of aliphatic hydroxyl groups excluding tert-OH is 1. The van der Waals surface area contributed by atoms with Crippen molar-refractivity contribution in [3.8, 4) is 0 Å². The predicted molar refractivity (Wildman–Crippen MR) is 76.7 cm³/mol. The smallest absolute Gasteiger partial charge is 0.183 e. The Morgan fingerprint density at radius 2 is 2.26 bits per heavy atom. The maximum atomic E-state index is 13.7. The minimum atomic E-state index is -0.783. The van der Waals surface area contributed by atoms with Gasteiger partial charge in [-0.25, -0.2) is 14.1 Å². The third-order valence-corrected chi connectivity index (χ3v) is 4.36. The monoisotopic (exact) mass is 320 g/mol. The molecule has 2 N–H and O–H groups in total. The third-order valence-electron chi connectivity index (χ3n) is 4.36. The number of hydrogen-bond donors (Lipinski definition) is 2. The minimum absolute atomic E-state index is 0.276. The van der Waals surface area contributed by atoms with Crippen LogP contribution in [0.15, 0.2) is 36.9 Å². The standard InChI is InChI=1S/C15H17FN4O3/c16-10-4-2-1-3-9(10)5-18-12-11-6-22-15(23-11)13(14(12)21)20-8-17-7-19-20/h1-4,7-8,11-15,18,21H,5-6H2/t11-,12-,13-,14+,15-/m1/s1. The SMILES string of the molecule is O[C@H]1[C@H](NCc2ccccc2F)[C@H]2CO[C@H](O2)[C@@H]1n1cncn1. The lowest BCUT2D eigenvalue weighted by atomic mass is 9.96. The summed E-state index contributed by atoms with van der Waals surface area (Å²) in [4.78, 5) is 3.90. The largest absolute Gasteiger partial charge is 0.389 e. The number of nitrogens with zero attached hydrogens (tertiary/aromatic N) is 3. The van der Waals surface area contributed by atoms with Crippen LogP contribution in [0.3, 0.4) is 0 Å². The number of aliphatic hydroxyl groups is 1. The number of benzene rings is 1. The summed E-state index contributed by atoms with van der Waals surface area (Å²) in [6, 6.07) is 5.67. The van der Waals surface area contributed by atoms with Crippen LogP contribution in [0.2, 0.25) is 0 Å². The zero-order valence-corrected chi connectivity index (χ0v) is 12.2. The average Bonchev–Trinajstić information content (AvgIpc) is 3.21. The van der Waals surface area contributed by atoms with E-state index in [1.54, 1.807) is 18.2 Å². The number of hydrogen-bond acceptors (Lipinski definition) is 6. The molecule has 1 aromatic carbocycles. The Morgan fingerprint density at radius 1 is 1.39 bits per heavy atom. The molecule has 0 unspecified atom stereocenters. The Balaban J connectivity index is 1.52. The molecule has 2 fully saturated rings. The highest BCUT2D eigenvalue weighted by Crippen LogP contribution is 2.35. The molecule has 2 aromatic rings. The van der Waals surface area contributed by atoms with Crippen LogP contribution in [0.4, 0.5) is 4.39 Å². The molecule has 23 heavy (non-hydrogen) atoms. The zero-order valence-electron chi connectivity index (χ0n) is 12.2. The molecule has 0 saturated carbocycles. The minimum Gasteiger partial charge on any atom is -0.389 e. The molecule has 0 aliphatic carbocycles. The van der Waals surface area contributed by atoms with Gasteiger partial charge in [-0.3, -0.25) is 0 Å². The van der Waals surface area contributed by atoms with E-state index in [1.165, 1.54) is 23.4 Å². The van der Waals surface area contributed by atoms with Gasteiger partial charge in [-0.05, 0) is 6.07 Å². The van der Waals surface area contributed by atoms with Gasteiger partial charge in [0.05, 0.1) is 18.8 Å². The molecule has 122 valence electrons. The summed E-state index contributed by atoms with van der Waals surface area (Å²) in [5.41, 5.74) is 0.540. The number of ether oxygens (including phenoxy) is 2. The van der Waals surface area contributed by atoms with Gasteiger partial charge in [0.15, 0.2) is 6.29 Å². The average molecular weight is 320 g/mol. The van der Waals surface area contributed by atoms with Crippen molar-refractivity contribution in [1.29, 1.82) is 0 Å². The lowest BCUT2D eigenvalue weighted by molar-refractivity contribution is -0.168. The lowest BCUT2D eigenvalue weighted by Crippen LogP contribution is -2.57. The fourth-order valence-corrected chi connectivity index (χ4v) is 3.18. The second-order valence-corrected chi connectivity index (χ2v) is 5.73. The highest BCUT2D eigenvalue weighted by Gasteiger charge is 2.51. The van der Waals surface area contributed by atoms with Crippen molar-refractivity contribution < 1.29 is 19.0 Å². The van der Waals surface area contributed by atoms with E-state index in [4.69, 9.17) is 9.47 Å². The van der Waals surface area contributed by atoms with E-state index in [1.807, 2.05) is 0 Å². The van der Waals surface area contributed by atoms with E-state index in [9.17, 15) is 9.50 Å². The van der Waals surface area contributed by atoms with Crippen molar-refractivity contribution in [2.75, 3.05) is 6.61 Å². The van der Waals surface area contributed by atoms with Gasteiger partial charge in [-0.1, -0.05) is 18.2 Å². The molecule has 3 heterocycles. The molecule has 2 saturated heterocycles. The first-order valence-corrected chi connectivity index (χ1v) is 7.50. The second kappa shape index (κ2) is 5.97. The van der Waals surface area contributed by atoms with Crippen molar-refractivity contribution in [3.63, 3.8) is 0 Å². The maximum Gasteiger partial charge on any atom is 0.183 e. The fourth-order valence-electron chi connectivity index (χ4n) is 3.18. The quantitative estimate of drug-likeness (QED) is 0.839. The van der Waals surface area contributed by atoms with Crippen LogP contribution in [-0.4, -0.2) is 51.0 Å². The van der Waals surface area contributed by atoms with Crippen LogP contribution in [0.25, 0.3) is 0 Å². The van der Waals surface area contributed by atoms with Gasteiger partial charge in [-0.2, -0.15) is 5.10 Å². The molecule has 0 amide bonds. The number of fused-ring (bicyclic) bond motifs is 2. The van der Waals surface area contributed by atoms with E-state index in [0.717, 1.165) is 0 Å². The first-order chi connectivity index (χ1) is 11.2. The van der Waals surface area contributed by atoms with Crippen LogP contribution in [-0.2, 0) is 16.0 Å².